The van der Waals surface area contributed by atoms with Gasteiger partial charge in [-0.15, -0.1) is 0 Å². The van der Waals surface area contributed by atoms with Gasteiger partial charge in [-0.3, -0.25) is 4.79 Å². The molecule has 0 saturated heterocycles. The number of amides is 1. The van der Waals surface area contributed by atoms with Crippen molar-refractivity contribution in [2.45, 2.75) is 13.5 Å². The van der Waals surface area contributed by atoms with Crippen LogP contribution in [0.15, 0.2) is 66.2 Å². The first-order valence-corrected chi connectivity index (χ1v) is 9.01. The van der Waals surface area contributed by atoms with Crippen molar-refractivity contribution in [1.29, 1.82) is 0 Å². The van der Waals surface area contributed by atoms with Crippen LogP contribution in [-0.4, -0.2) is 31.6 Å². The third kappa shape index (κ3) is 7.11. The number of para-hydroxylation sites is 1. The lowest BCUT2D eigenvalue weighted by Crippen LogP contribution is -2.41. The Hall–Kier alpha value is -3.35. The minimum Gasteiger partial charge on any atom is -0.489 e. The number of hydrogen-bond acceptors (Lipinski definition) is 3. The highest BCUT2D eigenvalue weighted by molar-refractivity contribution is 5.94. The lowest BCUT2D eigenvalue weighted by molar-refractivity contribution is -0.115. The Morgan fingerprint density at radius 1 is 1.18 bits per heavy atom. The van der Waals surface area contributed by atoms with Crippen LogP contribution in [0.4, 0.5) is 10.1 Å². The highest BCUT2D eigenvalue weighted by Gasteiger charge is 2.06. The van der Waals surface area contributed by atoms with Crippen molar-refractivity contribution in [1.82, 2.24) is 10.6 Å². The van der Waals surface area contributed by atoms with E-state index in [1.54, 1.807) is 6.08 Å². The fraction of sp³-hybridized carbons (Fsp3) is 0.238. The van der Waals surface area contributed by atoms with Gasteiger partial charge < -0.3 is 20.7 Å². The van der Waals surface area contributed by atoms with Gasteiger partial charge in [0.05, 0.1) is 13.1 Å². The minimum absolute atomic E-state index is 0.0256. The number of nitrogens with zero attached hydrogens (tertiary/aromatic N) is 1. The Labute approximate surface area is 164 Å². The van der Waals surface area contributed by atoms with E-state index in [0.29, 0.717) is 31.3 Å². The SMILES string of the molecule is C=CCOc1ccccc1CN=C(NCC)NCC(=O)Nc1ccc(F)cc1. The molecule has 3 N–H and O–H groups in total. The molecule has 2 aromatic rings. The Morgan fingerprint density at radius 2 is 1.93 bits per heavy atom. The summed E-state index contributed by atoms with van der Waals surface area (Å²) in [5, 5.41) is 8.77. The molecule has 0 heterocycles. The molecule has 0 unspecified atom stereocenters. The van der Waals surface area contributed by atoms with Crippen LogP contribution in [0.25, 0.3) is 0 Å². The maximum Gasteiger partial charge on any atom is 0.243 e. The van der Waals surface area contributed by atoms with Gasteiger partial charge in [0, 0.05) is 17.8 Å². The van der Waals surface area contributed by atoms with E-state index in [-0.39, 0.29) is 18.3 Å². The van der Waals surface area contributed by atoms with Gasteiger partial charge >= 0.3 is 0 Å². The van der Waals surface area contributed by atoms with Crippen LogP contribution in [0, 0.1) is 5.82 Å². The normalized spacial score (nSPS) is 10.9. The molecule has 2 aromatic carbocycles. The zero-order valence-corrected chi connectivity index (χ0v) is 15.9. The summed E-state index contributed by atoms with van der Waals surface area (Å²) in [6.07, 6.45) is 1.69. The molecule has 0 aliphatic heterocycles. The molecule has 0 saturated carbocycles. The number of ether oxygens (including phenoxy) is 1. The van der Waals surface area contributed by atoms with E-state index in [0.717, 1.165) is 11.3 Å². The van der Waals surface area contributed by atoms with E-state index in [1.165, 1.54) is 24.3 Å². The average molecular weight is 384 g/mol. The lowest BCUT2D eigenvalue weighted by atomic mass is 10.2. The van der Waals surface area contributed by atoms with Crippen molar-refractivity contribution in [2.24, 2.45) is 4.99 Å². The number of benzene rings is 2. The second-order valence-corrected chi connectivity index (χ2v) is 5.81. The first-order valence-electron chi connectivity index (χ1n) is 9.01. The molecular formula is C21H25FN4O2. The summed E-state index contributed by atoms with van der Waals surface area (Å²) < 4.78 is 18.6. The number of halogens is 1. The first-order chi connectivity index (χ1) is 13.6. The summed E-state index contributed by atoms with van der Waals surface area (Å²) >= 11 is 0. The number of hydrogen-bond donors (Lipinski definition) is 3. The second kappa shape index (κ2) is 11.4. The smallest absolute Gasteiger partial charge is 0.243 e. The van der Waals surface area contributed by atoms with E-state index < -0.39 is 0 Å². The number of carbonyl (C=O) groups excluding carboxylic acids is 1. The predicted octanol–water partition coefficient (Wildman–Crippen LogP) is 3.08. The van der Waals surface area contributed by atoms with Gasteiger partial charge in [-0.2, -0.15) is 0 Å². The highest BCUT2D eigenvalue weighted by atomic mass is 19.1. The fourth-order valence-corrected chi connectivity index (χ4v) is 2.33. The van der Waals surface area contributed by atoms with Crippen LogP contribution in [0.3, 0.4) is 0 Å². The number of aliphatic imine (C=N–C) groups is 1. The molecule has 0 bridgehead atoms. The van der Waals surface area contributed by atoms with Crippen molar-refractivity contribution in [3.63, 3.8) is 0 Å². The monoisotopic (exact) mass is 384 g/mol. The third-order valence-electron chi connectivity index (χ3n) is 3.63. The van der Waals surface area contributed by atoms with Gasteiger partial charge in [-0.1, -0.05) is 30.9 Å². The topological polar surface area (TPSA) is 74.8 Å². The van der Waals surface area contributed by atoms with E-state index in [1.807, 2.05) is 31.2 Å². The summed E-state index contributed by atoms with van der Waals surface area (Å²) in [6, 6.07) is 13.2. The number of nitrogens with one attached hydrogen (secondary N) is 3. The molecule has 0 aromatic heterocycles. The summed E-state index contributed by atoms with van der Waals surface area (Å²) in [7, 11) is 0. The molecule has 0 radical (unpaired) electrons. The van der Waals surface area contributed by atoms with Crippen molar-refractivity contribution < 1.29 is 13.9 Å². The zero-order chi connectivity index (χ0) is 20.2. The quantitative estimate of drug-likeness (QED) is 0.353. The van der Waals surface area contributed by atoms with E-state index in [4.69, 9.17) is 4.74 Å². The lowest BCUT2D eigenvalue weighted by Gasteiger charge is -2.13. The molecular weight excluding hydrogens is 359 g/mol. The van der Waals surface area contributed by atoms with Gasteiger partial charge in [-0.25, -0.2) is 9.38 Å². The van der Waals surface area contributed by atoms with Crippen LogP contribution in [-0.2, 0) is 11.3 Å². The van der Waals surface area contributed by atoms with Crippen LogP contribution in [0.5, 0.6) is 5.75 Å². The minimum atomic E-state index is -0.352. The van der Waals surface area contributed by atoms with Gasteiger partial charge in [0.1, 0.15) is 18.2 Å². The molecule has 28 heavy (non-hydrogen) atoms. The number of guanidine groups is 1. The maximum atomic E-state index is 12.9. The molecule has 6 nitrogen and oxygen atoms in total. The molecule has 2 rings (SSSR count). The van der Waals surface area contributed by atoms with Crippen molar-refractivity contribution in [2.75, 3.05) is 25.0 Å². The summed E-state index contributed by atoms with van der Waals surface area (Å²) in [5.41, 5.74) is 1.46. The molecule has 0 aliphatic carbocycles. The van der Waals surface area contributed by atoms with Crippen LogP contribution in [0.2, 0.25) is 0 Å². The van der Waals surface area contributed by atoms with Crippen LogP contribution >= 0.6 is 0 Å². The molecule has 7 heteroatoms. The Kier molecular flexibility index (Phi) is 8.52. The predicted molar refractivity (Wildman–Crippen MR) is 110 cm³/mol. The second-order valence-electron chi connectivity index (χ2n) is 5.81. The number of anilines is 1. The Morgan fingerprint density at radius 3 is 2.64 bits per heavy atom. The Bertz CT molecular complexity index is 806. The summed E-state index contributed by atoms with van der Waals surface area (Å²) in [4.78, 5) is 16.6. The standard InChI is InChI=1S/C21H25FN4O2/c1-3-13-28-19-8-6-5-7-16(19)14-24-21(23-4-2)25-15-20(27)26-18-11-9-17(22)10-12-18/h3,5-12H,1,4,13-15H2,2H3,(H,26,27)(H2,23,24,25). The largest absolute Gasteiger partial charge is 0.489 e. The van der Waals surface area contributed by atoms with Gasteiger partial charge in [0.2, 0.25) is 5.91 Å². The van der Waals surface area contributed by atoms with Gasteiger partial charge in [-0.05, 0) is 37.3 Å². The maximum absolute atomic E-state index is 12.9. The Balaban J connectivity index is 1.94. The molecule has 0 fully saturated rings. The molecule has 1 amide bonds. The van der Waals surface area contributed by atoms with Crippen molar-refractivity contribution >= 4 is 17.6 Å². The highest BCUT2D eigenvalue weighted by Crippen LogP contribution is 2.18. The van der Waals surface area contributed by atoms with Gasteiger partial charge in [0.25, 0.3) is 0 Å². The van der Waals surface area contributed by atoms with Crippen LogP contribution < -0.4 is 20.7 Å². The van der Waals surface area contributed by atoms with E-state index in [9.17, 15) is 9.18 Å². The average Bonchev–Trinajstić information content (AvgIpc) is 2.71. The van der Waals surface area contributed by atoms with E-state index in [2.05, 4.69) is 27.5 Å². The molecule has 0 atom stereocenters. The van der Waals surface area contributed by atoms with Gasteiger partial charge in [0.15, 0.2) is 5.96 Å². The summed E-state index contributed by atoms with van der Waals surface area (Å²) in [6.45, 7) is 7.08. The summed E-state index contributed by atoms with van der Waals surface area (Å²) in [5.74, 6) is 0.647. The molecule has 148 valence electrons. The first kappa shape index (κ1) is 21.0. The van der Waals surface area contributed by atoms with Crippen molar-refractivity contribution in [3.05, 3.63) is 72.6 Å². The fourth-order valence-electron chi connectivity index (χ4n) is 2.33. The third-order valence-corrected chi connectivity index (χ3v) is 3.63. The van der Waals surface area contributed by atoms with Crippen molar-refractivity contribution in [3.8, 4) is 5.75 Å². The number of carbonyl (C=O) groups is 1. The van der Waals surface area contributed by atoms with Crippen LogP contribution in [0.1, 0.15) is 12.5 Å². The zero-order valence-electron chi connectivity index (χ0n) is 15.9. The number of rotatable bonds is 9. The van der Waals surface area contributed by atoms with E-state index >= 15 is 0 Å². The molecule has 0 spiro atoms. The molecule has 0 aliphatic rings.